The Balaban J connectivity index is 1.98. The van der Waals surface area contributed by atoms with Gasteiger partial charge in [0.05, 0.1) is 0 Å². The van der Waals surface area contributed by atoms with Crippen LogP contribution < -0.4 is 5.32 Å². The second kappa shape index (κ2) is 4.81. The molecule has 0 spiro atoms. The third kappa shape index (κ3) is 2.32. The third-order valence-corrected chi connectivity index (χ3v) is 4.69. The van der Waals surface area contributed by atoms with Crippen LogP contribution in [-0.4, -0.2) is 27.2 Å². The number of hydrogen-bond donors (Lipinski definition) is 1. The first-order chi connectivity index (χ1) is 8.78. The largest absolute Gasteiger partial charge is 0.373 e. The van der Waals surface area contributed by atoms with Crippen LogP contribution in [0.4, 0.5) is 5.82 Å². The van der Waals surface area contributed by atoms with Gasteiger partial charge in [0.25, 0.3) is 0 Å². The fourth-order valence-electron chi connectivity index (χ4n) is 1.67. The molecule has 94 valence electrons. The number of nitrogens with zero attached hydrogens (tertiary/aromatic N) is 4. The van der Waals surface area contributed by atoms with Gasteiger partial charge in [-0.3, -0.25) is 0 Å². The second-order valence-corrected chi connectivity index (χ2v) is 6.26. The van der Waals surface area contributed by atoms with Crippen LogP contribution in [0.1, 0.15) is 30.1 Å². The Morgan fingerprint density at radius 1 is 1.39 bits per heavy atom. The summed E-state index contributed by atoms with van der Waals surface area (Å²) in [5.74, 6) is 2.42. The van der Waals surface area contributed by atoms with Crippen LogP contribution in [0.5, 0.6) is 0 Å². The minimum absolute atomic E-state index is 0.548. The van der Waals surface area contributed by atoms with Crippen molar-refractivity contribution in [2.45, 2.75) is 35.0 Å². The van der Waals surface area contributed by atoms with Crippen molar-refractivity contribution in [1.29, 1.82) is 0 Å². The van der Waals surface area contributed by atoms with Crippen LogP contribution in [0, 0.1) is 6.92 Å². The normalized spacial score (nSPS) is 14.8. The SMILES string of the molecule is CNc1nc(C2CC2)nc(Sc2nncs2)c1C. The van der Waals surface area contributed by atoms with Gasteiger partial charge in [0.15, 0.2) is 4.34 Å². The van der Waals surface area contributed by atoms with Crippen LogP contribution in [0.2, 0.25) is 0 Å². The van der Waals surface area contributed by atoms with Gasteiger partial charge in [-0.25, -0.2) is 9.97 Å². The van der Waals surface area contributed by atoms with Crippen LogP contribution in [0.25, 0.3) is 0 Å². The van der Waals surface area contributed by atoms with Crippen molar-refractivity contribution in [2.24, 2.45) is 0 Å². The highest BCUT2D eigenvalue weighted by molar-refractivity contribution is 8.01. The van der Waals surface area contributed by atoms with Crippen molar-refractivity contribution in [1.82, 2.24) is 20.2 Å². The highest BCUT2D eigenvalue weighted by atomic mass is 32.2. The summed E-state index contributed by atoms with van der Waals surface area (Å²) < 4.78 is 0.917. The highest BCUT2D eigenvalue weighted by Crippen LogP contribution is 2.40. The molecule has 1 saturated carbocycles. The average molecular weight is 279 g/mol. The molecule has 2 aromatic heterocycles. The summed E-state index contributed by atoms with van der Waals surface area (Å²) >= 11 is 3.09. The Labute approximate surface area is 113 Å². The van der Waals surface area contributed by atoms with E-state index in [0.29, 0.717) is 5.92 Å². The molecule has 1 N–H and O–H groups in total. The van der Waals surface area contributed by atoms with Gasteiger partial charge in [0.2, 0.25) is 0 Å². The number of nitrogens with one attached hydrogen (secondary N) is 1. The van der Waals surface area contributed by atoms with E-state index in [1.165, 1.54) is 24.2 Å². The zero-order valence-corrected chi connectivity index (χ0v) is 11.8. The van der Waals surface area contributed by atoms with E-state index in [4.69, 9.17) is 0 Å². The van der Waals surface area contributed by atoms with E-state index in [1.807, 2.05) is 14.0 Å². The lowest BCUT2D eigenvalue weighted by Gasteiger charge is -2.10. The molecule has 0 amide bonds. The zero-order valence-electron chi connectivity index (χ0n) is 10.2. The molecule has 0 atom stereocenters. The summed E-state index contributed by atoms with van der Waals surface area (Å²) in [4.78, 5) is 9.24. The summed E-state index contributed by atoms with van der Waals surface area (Å²) in [6, 6.07) is 0. The molecule has 0 bridgehead atoms. The molecule has 0 aliphatic heterocycles. The second-order valence-electron chi connectivity index (χ2n) is 4.19. The molecule has 7 heteroatoms. The summed E-state index contributed by atoms with van der Waals surface area (Å²) in [5.41, 5.74) is 2.81. The van der Waals surface area contributed by atoms with Crippen LogP contribution in [0.3, 0.4) is 0 Å². The molecule has 2 heterocycles. The summed E-state index contributed by atoms with van der Waals surface area (Å²) in [6.07, 6.45) is 2.41. The van der Waals surface area contributed by atoms with Gasteiger partial charge in [-0.1, -0.05) is 11.3 Å². The standard InChI is InChI=1S/C11H13N5S2/c1-6-8(12-2)14-9(7-3-4-7)15-10(6)18-11-16-13-5-17-11/h5,7H,3-4H2,1-2H3,(H,12,14,15). The maximum atomic E-state index is 4.67. The van der Waals surface area contributed by atoms with E-state index in [-0.39, 0.29) is 0 Å². The number of hydrogen-bond acceptors (Lipinski definition) is 7. The highest BCUT2D eigenvalue weighted by Gasteiger charge is 2.28. The van der Waals surface area contributed by atoms with E-state index in [1.54, 1.807) is 17.3 Å². The molecule has 0 unspecified atom stereocenters. The predicted molar refractivity (Wildman–Crippen MR) is 72.3 cm³/mol. The van der Waals surface area contributed by atoms with Crippen LogP contribution in [-0.2, 0) is 0 Å². The summed E-state index contributed by atoms with van der Waals surface area (Å²) in [7, 11) is 1.89. The van der Waals surface area contributed by atoms with Crippen molar-refractivity contribution in [3.63, 3.8) is 0 Å². The maximum Gasteiger partial charge on any atom is 0.180 e. The van der Waals surface area contributed by atoms with E-state index in [9.17, 15) is 0 Å². The Kier molecular flexibility index (Phi) is 3.17. The minimum Gasteiger partial charge on any atom is -0.373 e. The summed E-state index contributed by atoms with van der Waals surface area (Å²) in [6.45, 7) is 2.03. The fourth-order valence-corrected chi connectivity index (χ4v) is 3.15. The van der Waals surface area contributed by atoms with E-state index < -0.39 is 0 Å². The zero-order chi connectivity index (χ0) is 12.5. The maximum absolute atomic E-state index is 4.67. The molecule has 0 aromatic carbocycles. The first-order valence-electron chi connectivity index (χ1n) is 5.78. The van der Waals surface area contributed by atoms with E-state index >= 15 is 0 Å². The first-order valence-corrected chi connectivity index (χ1v) is 7.48. The number of anilines is 1. The quantitative estimate of drug-likeness (QED) is 0.868. The number of rotatable bonds is 4. The smallest absolute Gasteiger partial charge is 0.180 e. The molecule has 5 nitrogen and oxygen atoms in total. The molecule has 3 rings (SSSR count). The Morgan fingerprint density at radius 3 is 2.83 bits per heavy atom. The fraction of sp³-hybridized carbons (Fsp3) is 0.455. The van der Waals surface area contributed by atoms with Crippen molar-refractivity contribution in [2.75, 3.05) is 12.4 Å². The molecular formula is C11H13N5S2. The van der Waals surface area contributed by atoms with Crippen LogP contribution in [0.15, 0.2) is 14.9 Å². The minimum atomic E-state index is 0.548. The topological polar surface area (TPSA) is 63.6 Å². The van der Waals surface area contributed by atoms with Gasteiger partial charge < -0.3 is 5.32 Å². The van der Waals surface area contributed by atoms with Crippen LogP contribution >= 0.6 is 23.1 Å². The van der Waals surface area contributed by atoms with Gasteiger partial charge in [-0.05, 0) is 31.5 Å². The molecule has 0 radical (unpaired) electrons. The van der Waals surface area contributed by atoms with Gasteiger partial charge in [0, 0.05) is 18.5 Å². The number of aromatic nitrogens is 4. The van der Waals surface area contributed by atoms with E-state index in [2.05, 4.69) is 25.5 Å². The van der Waals surface area contributed by atoms with Crippen molar-refractivity contribution >= 4 is 28.9 Å². The van der Waals surface area contributed by atoms with Gasteiger partial charge in [-0.15, -0.1) is 10.2 Å². The van der Waals surface area contributed by atoms with Crippen molar-refractivity contribution in [3.05, 3.63) is 16.9 Å². The molecule has 2 aromatic rings. The molecule has 1 aliphatic carbocycles. The lowest BCUT2D eigenvalue weighted by atomic mass is 10.3. The van der Waals surface area contributed by atoms with Gasteiger partial charge >= 0.3 is 0 Å². The average Bonchev–Trinajstić information content (AvgIpc) is 3.11. The monoisotopic (exact) mass is 279 g/mol. The lowest BCUT2D eigenvalue weighted by molar-refractivity contribution is 0.863. The molecule has 1 fully saturated rings. The molecule has 0 saturated heterocycles. The Morgan fingerprint density at radius 2 is 2.22 bits per heavy atom. The lowest BCUT2D eigenvalue weighted by Crippen LogP contribution is -2.03. The van der Waals surface area contributed by atoms with Gasteiger partial charge in [0.1, 0.15) is 22.2 Å². The van der Waals surface area contributed by atoms with Gasteiger partial charge in [-0.2, -0.15) is 0 Å². The first kappa shape index (κ1) is 11.9. The molecule has 18 heavy (non-hydrogen) atoms. The Hall–Kier alpha value is -1.21. The predicted octanol–water partition coefficient (Wildman–Crippen LogP) is 2.71. The molecular weight excluding hydrogens is 266 g/mol. The third-order valence-electron chi connectivity index (χ3n) is 2.82. The molecule has 1 aliphatic rings. The van der Waals surface area contributed by atoms with Crippen molar-refractivity contribution in [3.8, 4) is 0 Å². The Bertz CT molecular complexity index is 551. The summed E-state index contributed by atoms with van der Waals surface area (Å²) in [5, 5.41) is 12.0. The van der Waals surface area contributed by atoms with E-state index in [0.717, 1.165) is 26.6 Å². The van der Waals surface area contributed by atoms with Crippen molar-refractivity contribution < 1.29 is 0 Å².